The van der Waals surface area contributed by atoms with Crippen molar-refractivity contribution in [1.29, 1.82) is 0 Å². The average Bonchev–Trinajstić information content (AvgIpc) is 2.39. The second-order valence-electron chi connectivity index (χ2n) is 3.82. The molecule has 1 N–H and O–H groups in total. The highest BCUT2D eigenvalue weighted by molar-refractivity contribution is 5.44. The van der Waals surface area contributed by atoms with Crippen LogP contribution in [0.1, 0.15) is 32.3 Å². The van der Waals surface area contributed by atoms with Gasteiger partial charge in [-0.1, -0.05) is 20.8 Å². The van der Waals surface area contributed by atoms with Crippen LogP contribution in [0.25, 0.3) is 0 Å². The van der Waals surface area contributed by atoms with E-state index in [0.717, 1.165) is 0 Å². The van der Waals surface area contributed by atoms with Crippen molar-refractivity contribution in [3.8, 4) is 11.5 Å². The Bertz CT molecular complexity index is 300. The predicted octanol–water partition coefficient (Wildman–Crippen LogP) is 2.89. The Hall–Kier alpha value is -1.12. The van der Waals surface area contributed by atoms with Gasteiger partial charge in [0, 0.05) is 6.42 Å². The first-order valence-corrected chi connectivity index (χ1v) is 5.00. The minimum atomic E-state index is 0.158. The van der Waals surface area contributed by atoms with E-state index in [2.05, 4.69) is 13.8 Å². The van der Waals surface area contributed by atoms with Crippen molar-refractivity contribution in [3.63, 3.8) is 0 Å². The molecule has 3 heteroatoms. The van der Waals surface area contributed by atoms with Gasteiger partial charge >= 0.3 is 0 Å². The second-order valence-corrected chi connectivity index (χ2v) is 3.82. The summed E-state index contributed by atoms with van der Waals surface area (Å²) >= 11 is 0. The predicted molar refractivity (Wildman–Crippen MR) is 54.8 cm³/mol. The summed E-state index contributed by atoms with van der Waals surface area (Å²) in [7, 11) is 0. The molecule has 0 radical (unpaired) electrons. The lowest BCUT2D eigenvalue weighted by molar-refractivity contribution is 0.256. The van der Waals surface area contributed by atoms with Crippen molar-refractivity contribution in [3.05, 3.63) is 11.5 Å². The molecule has 0 unspecified atom stereocenters. The van der Waals surface area contributed by atoms with Crippen molar-refractivity contribution >= 4 is 0 Å². The van der Waals surface area contributed by atoms with Crippen molar-refractivity contribution in [2.45, 2.75) is 34.1 Å². The Labute approximate surface area is 84.7 Å². The molecule has 1 heterocycles. The zero-order chi connectivity index (χ0) is 10.7. The van der Waals surface area contributed by atoms with E-state index in [4.69, 9.17) is 9.15 Å². The Morgan fingerprint density at radius 1 is 1.43 bits per heavy atom. The summed E-state index contributed by atoms with van der Waals surface area (Å²) in [5.41, 5.74) is 0. The van der Waals surface area contributed by atoms with Gasteiger partial charge in [-0.05, 0) is 12.8 Å². The molecule has 0 aliphatic rings. The first-order chi connectivity index (χ1) is 6.56. The average molecular weight is 198 g/mol. The molecule has 0 amide bonds. The molecule has 14 heavy (non-hydrogen) atoms. The van der Waals surface area contributed by atoms with Gasteiger partial charge in [0.15, 0.2) is 0 Å². The lowest BCUT2D eigenvalue weighted by atomic mass is 10.2. The fraction of sp³-hybridized carbons (Fsp3) is 0.636. The van der Waals surface area contributed by atoms with Gasteiger partial charge in [-0.15, -0.1) is 0 Å². The van der Waals surface area contributed by atoms with Crippen molar-refractivity contribution in [2.75, 3.05) is 6.61 Å². The number of aromatic hydroxyl groups is 1. The molecule has 0 fully saturated rings. The van der Waals surface area contributed by atoms with Gasteiger partial charge in [0.25, 0.3) is 0 Å². The van der Waals surface area contributed by atoms with Gasteiger partial charge in [-0.25, -0.2) is 0 Å². The van der Waals surface area contributed by atoms with E-state index in [1.165, 1.54) is 0 Å². The zero-order valence-corrected chi connectivity index (χ0v) is 9.26. The topological polar surface area (TPSA) is 42.6 Å². The molecular weight excluding hydrogens is 180 g/mol. The molecule has 0 aliphatic carbocycles. The van der Waals surface area contributed by atoms with E-state index in [1.54, 1.807) is 6.92 Å². The maximum atomic E-state index is 9.70. The number of hydrogen-bond donors (Lipinski definition) is 1. The lowest BCUT2D eigenvalue weighted by Crippen LogP contribution is -2.04. The SMILES string of the molecule is CCc1oc(C)c(OCC(C)C)c1O. The molecule has 0 bridgehead atoms. The second kappa shape index (κ2) is 4.40. The Morgan fingerprint density at radius 2 is 2.07 bits per heavy atom. The molecule has 0 saturated heterocycles. The summed E-state index contributed by atoms with van der Waals surface area (Å²) in [6.07, 6.45) is 0.678. The Kier molecular flexibility index (Phi) is 3.44. The van der Waals surface area contributed by atoms with Crippen molar-refractivity contribution < 1.29 is 14.3 Å². The first kappa shape index (κ1) is 11.0. The quantitative estimate of drug-likeness (QED) is 0.808. The monoisotopic (exact) mass is 198 g/mol. The number of aryl methyl sites for hydroxylation is 2. The maximum Gasteiger partial charge on any atom is 0.202 e. The smallest absolute Gasteiger partial charge is 0.202 e. The number of rotatable bonds is 4. The highest BCUT2D eigenvalue weighted by atomic mass is 16.5. The molecule has 0 atom stereocenters. The molecule has 0 spiro atoms. The van der Waals surface area contributed by atoms with Gasteiger partial charge < -0.3 is 14.3 Å². The molecule has 1 aromatic heterocycles. The van der Waals surface area contributed by atoms with E-state index in [-0.39, 0.29) is 5.75 Å². The Morgan fingerprint density at radius 3 is 2.50 bits per heavy atom. The number of ether oxygens (including phenoxy) is 1. The lowest BCUT2D eigenvalue weighted by Gasteiger charge is -2.07. The molecule has 1 aromatic rings. The molecule has 0 saturated carbocycles. The minimum absolute atomic E-state index is 0.158. The van der Waals surface area contributed by atoms with Gasteiger partial charge in [0.1, 0.15) is 11.5 Å². The van der Waals surface area contributed by atoms with Crippen LogP contribution in [0, 0.1) is 12.8 Å². The van der Waals surface area contributed by atoms with Gasteiger partial charge in [0.05, 0.1) is 6.61 Å². The first-order valence-electron chi connectivity index (χ1n) is 5.00. The van der Waals surface area contributed by atoms with Crippen LogP contribution in [0.15, 0.2) is 4.42 Å². The van der Waals surface area contributed by atoms with Crippen molar-refractivity contribution in [1.82, 2.24) is 0 Å². The normalized spacial score (nSPS) is 10.9. The summed E-state index contributed by atoms with van der Waals surface area (Å²) in [5.74, 6) is 2.34. The fourth-order valence-electron chi connectivity index (χ4n) is 1.23. The highest BCUT2D eigenvalue weighted by Crippen LogP contribution is 2.36. The van der Waals surface area contributed by atoms with Crippen LogP contribution in [0.4, 0.5) is 0 Å². The van der Waals surface area contributed by atoms with E-state index in [0.29, 0.717) is 36.2 Å². The molecular formula is C11H18O3. The third kappa shape index (κ3) is 2.22. The van der Waals surface area contributed by atoms with Crippen LogP contribution < -0.4 is 4.74 Å². The number of hydrogen-bond acceptors (Lipinski definition) is 3. The van der Waals surface area contributed by atoms with Crippen LogP contribution in [0.5, 0.6) is 11.5 Å². The summed E-state index contributed by atoms with van der Waals surface area (Å²) in [4.78, 5) is 0. The summed E-state index contributed by atoms with van der Waals surface area (Å²) in [5, 5.41) is 9.70. The van der Waals surface area contributed by atoms with E-state index < -0.39 is 0 Å². The van der Waals surface area contributed by atoms with Crippen LogP contribution in [-0.4, -0.2) is 11.7 Å². The van der Waals surface area contributed by atoms with E-state index >= 15 is 0 Å². The Balaban J connectivity index is 2.80. The third-order valence-corrected chi connectivity index (χ3v) is 1.96. The molecule has 0 aliphatic heterocycles. The van der Waals surface area contributed by atoms with Crippen LogP contribution in [-0.2, 0) is 6.42 Å². The summed E-state index contributed by atoms with van der Waals surface area (Å²) < 4.78 is 10.8. The number of furan rings is 1. The molecule has 80 valence electrons. The molecule has 3 nitrogen and oxygen atoms in total. The van der Waals surface area contributed by atoms with Gasteiger partial charge in [-0.2, -0.15) is 0 Å². The zero-order valence-electron chi connectivity index (χ0n) is 9.26. The fourth-order valence-corrected chi connectivity index (χ4v) is 1.23. The molecule has 0 aromatic carbocycles. The standard InChI is InChI=1S/C11H18O3/c1-5-9-10(12)11(8(4)14-9)13-6-7(2)3/h7,12H,5-6H2,1-4H3. The van der Waals surface area contributed by atoms with Gasteiger partial charge in [-0.3, -0.25) is 0 Å². The van der Waals surface area contributed by atoms with Crippen LogP contribution >= 0.6 is 0 Å². The van der Waals surface area contributed by atoms with Gasteiger partial charge in [0.2, 0.25) is 11.5 Å². The summed E-state index contributed by atoms with van der Waals surface area (Å²) in [6.45, 7) is 8.45. The van der Waals surface area contributed by atoms with E-state index in [9.17, 15) is 5.11 Å². The largest absolute Gasteiger partial charge is 0.502 e. The highest BCUT2D eigenvalue weighted by Gasteiger charge is 2.17. The van der Waals surface area contributed by atoms with E-state index in [1.807, 2.05) is 6.92 Å². The maximum absolute atomic E-state index is 9.70. The van der Waals surface area contributed by atoms with Crippen LogP contribution in [0.3, 0.4) is 0 Å². The minimum Gasteiger partial charge on any atom is -0.502 e. The van der Waals surface area contributed by atoms with Crippen molar-refractivity contribution in [2.24, 2.45) is 5.92 Å². The summed E-state index contributed by atoms with van der Waals surface area (Å²) in [6, 6.07) is 0. The van der Waals surface area contributed by atoms with Crippen LogP contribution in [0.2, 0.25) is 0 Å². The third-order valence-electron chi connectivity index (χ3n) is 1.96. The molecule has 1 rings (SSSR count).